The second-order valence-corrected chi connectivity index (χ2v) is 8.79. The number of nitrogens with zero attached hydrogens (tertiary/aromatic N) is 2. The Morgan fingerprint density at radius 1 is 0.944 bits per heavy atom. The molecule has 0 radical (unpaired) electrons. The number of hydrogen-bond acceptors (Lipinski definition) is 8. The van der Waals surface area contributed by atoms with Crippen molar-refractivity contribution in [1.29, 1.82) is 0 Å². The van der Waals surface area contributed by atoms with E-state index in [9.17, 15) is 14.7 Å². The number of aliphatic hydroxyl groups is 1. The van der Waals surface area contributed by atoms with Crippen molar-refractivity contribution in [3.05, 3.63) is 52.6 Å². The number of likely N-dealkylation sites (tertiary alicyclic amines) is 1. The van der Waals surface area contributed by atoms with Gasteiger partial charge in [-0.15, -0.1) is 0 Å². The van der Waals surface area contributed by atoms with Crippen molar-refractivity contribution >= 4 is 17.4 Å². The lowest BCUT2D eigenvalue weighted by molar-refractivity contribution is -0.139. The summed E-state index contributed by atoms with van der Waals surface area (Å²) >= 11 is 0. The van der Waals surface area contributed by atoms with Gasteiger partial charge < -0.3 is 33.9 Å². The van der Waals surface area contributed by atoms with Gasteiger partial charge >= 0.3 is 0 Å². The molecule has 9 heteroatoms. The monoisotopic (exact) mass is 498 g/mol. The minimum absolute atomic E-state index is 0.00342. The molecule has 0 bridgehead atoms. The van der Waals surface area contributed by atoms with Crippen LogP contribution in [0, 0.1) is 6.92 Å². The van der Waals surface area contributed by atoms with Crippen molar-refractivity contribution in [2.75, 3.05) is 55.6 Å². The molecule has 9 nitrogen and oxygen atoms in total. The van der Waals surface area contributed by atoms with Gasteiger partial charge in [-0.05, 0) is 75.4 Å². The molecule has 3 rings (SSSR count). The van der Waals surface area contributed by atoms with E-state index in [2.05, 4.69) is 0 Å². The van der Waals surface area contributed by atoms with Gasteiger partial charge in [0.05, 0.1) is 40.1 Å². The van der Waals surface area contributed by atoms with Crippen LogP contribution in [0.15, 0.2) is 35.9 Å². The number of Topliss-reactive ketones (excluding diaryl/α,β-unsaturated/α-hetero) is 1. The molecule has 0 aliphatic carbocycles. The quantitative estimate of drug-likeness (QED) is 0.302. The molecule has 1 heterocycles. The lowest BCUT2D eigenvalue weighted by Gasteiger charge is -2.27. The molecule has 1 aliphatic heterocycles. The highest BCUT2D eigenvalue weighted by Crippen LogP contribution is 2.45. The van der Waals surface area contributed by atoms with Gasteiger partial charge in [-0.3, -0.25) is 9.59 Å². The van der Waals surface area contributed by atoms with Crippen LogP contribution in [0.3, 0.4) is 0 Å². The average Bonchev–Trinajstić information content (AvgIpc) is 3.12. The zero-order valence-corrected chi connectivity index (χ0v) is 21.9. The fraction of sp³-hybridized carbons (Fsp3) is 0.407. The van der Waals surface area contributed by atoms with E-state index >= 15 is 0 Å². The third-order valence-corrected chi connectivity index (χ3v) is 6.22. The number of ketones is 1. The summed E-state index contributed by atoms with van der Waals surface area (Å²) in [5, 5.41) is 11.4. The number of ether oxygens (including phenoxy) is 4. The van der Waals surface area contributed by atoms with Crippen LogP contribution >= 0.6 is 0 Å². The Balaban J connectivity index is 2.23. The number of benzene rings is 2. The number of aryl methyl sites for hydroxylation is 1. The molecular formula is C27H34N2O7. The normalized spacial score (nSPS) is 17.0. The summed E-state index contributed by atoms with van der Waals surface area (Å²) in [6, 6.07) is 7.65. The summed E-state index contributed by atoms with van der Waals surface area (Å²) in [5.41, 5.74) is 1.76. The van der Waals surface area contributed by atoms with Crippen molar-refractivity contribution in [1.82, 2.24) is 9.80 Å². The van der Waals surface area contributed by atoms with E-state index in [0.717, 1.165) is 12.1 Å². The van der Waals surface area contributed by atoms with E-state index in [-0.39, 0.29) is 11.3 Å². The molecule has 0 unspecified atom stereocenters. The first kappa shape index (κ1) is 26.9. The van der Waals surface area contributed by atoms with Crippen molar-refractivity contribution in [2.24, 2.45) is 0 Å². The Morgan fingerprint density at radius 2 is 1.56 bits per heavy atom. The summed E-state index contributed by atoms with van der Waals surface area (Å²) in [5.74, 6) is 0.129. The van der Waals surface area contributed by atoms with Gasteiger partial charge in [0.1, 0.15) is 11.5 Å². The predicted octanol–water partition coefficient (Wildman–Crippen LogP) is 3.40. The summed E-state index contributed by atoms with van der Waals surface area (Å²) < 4.78 is 21.8. The van der Waals surface area contributed by atoms with E-state index < -0.39 is 17.7 Å². The molecule has 36 heavy (non-hydrogen) atoms. The lowest BCUT2D eigenvalue weighted by Crippen LogP contribution is -2.32. The van der Waals surface area contributed by atoms with Gasteiger partial charge in [-0.25, -0.2) is 0 Å². The van der Waals surface area contributed by atoms with Crippen LogP contribution < -0.4 is 18.9 Å². The van der Waals surface area contributed by atoms with Gasteiger partial charge in [0.15, 0.2) is 11.5 Å². The number of aliphatic hydroxyl groups excluding tert-OH is 1. The molecule has 1 amide bonds. The Labute approximate surface area is 211 Å². The van der Waals surface area contributed by atoms with Gasteiger partial charge in [0.25, 0.3) is 11.7 Å². The van der Waals surface area contributed by atoms with Crippen molar-refractivity contribution in [3.8, 4) is 23.0 Å². The highest BCUT2D eigenvalue weighted by molar-refractivity contribution is 6.46. The SMILES string of the molecule is COc1ccc(C(O)=C2C(=O)C(=O)N(CCCN(C)C)[C@H]2c2cc(OC)c(OC)c(OC)c2)cc1C. The van der Waals surface area contributed by atoms with Gasteiger partial charge in [0.2, 0.25) is 5.75 Å². The van der Waals surface area contributed by atoms with E-state index in [1.807, 2.05) is 25.9 Å². The molecule has 1 fully saturated rings. The van der Waals surface area contributed by atoms with Crippen LogP contribution in [0.2, 0.25) is 0 Å². The maximum atomic E-state index is 13.3. The Kier molecular flexibility index (Phi) is 8.47. The molecule has 2 aromatic carbocycles. The zero-order chi connectivity index (χ0) is 26.6. The third kappa shape index (κ3) is 5.11. The second kappa shape index (κ2) is 11.3. The largest absolute Gasteiger partial charge is 0.507 e. The molecule has 1 atom stereocenters. The minimum Gasteiger partial charge on any atom is -0.507 e. The number of amides is 1. The van der Waals surface area contributed by atoms with Crippen molar-refractivity contribution in [2.45, 2.75) is 19.4 Å². The number of carbonyl (C=O) groups is 2. The Morgan fingerprint density at radius 3 is 2.06 bits per heavy atom. The second-order valence-electron chi connectivity index (χ2n) is 8.79. The number of carbonyl (C=O) groups excluding carboxylic acids is 2. The van der Waals surface area contributed by atoms with E-state index in [0.29, 0.717) is 47.1 Å². The maximum absolute atomic E-state index is 13.3. The Bertz CT molecular complexity index is 1150. The molecule has 1 aliphatic rings. The van der Waals surface area contributed by atoms with Crippen LogP contribution in [0.1, 0.15) is 29.2 Å². The van der Waals surface area contributed by atoms with Crippen LogP contribution in [-0.4, -0.2) is 82.2 Å². The van der Waals surface area contributed by atoms with E-state index in [4.69, 9.17) is 18.9 Å². The molecule has 0 spiro atoms. The highest BCUT2D eigenvalue weighted by atomic mass is 16.5. The van der Waals surface area contributed by atoms with Crippen LogP contribution in [0.5, 0.6) is 23.0 Å². The topological polar surface area (TPSA) is 97.8 Å². The number of rotatable bonds is 10. The molecule has 194 valence electrons. The summed E-state index contributed by atoms with van der Waals surface area (Å²) in [7, 11) is 9.93. The first-order chi connectivity index (χ1) is 17.2. The van der Waals surface area contributed by atoms with Gasteiger partial charge in [-0.1, -0.05) is 0 Å². The van der Waals surface area contributed by atoms with Crippen LogP contribution in [0.25, 0.3) is 5.76 Å². The molecule has 2 aromatic rings. The summed E-state index contributed by atoms with van der Waals surface area (Å²) in [4.78, 5) is 30.0. The standard InChI is InChI=1S/C27H34N2O7/c1-16-13-17(9-10-19(16)33-4)24(30)22-23(29(27(32)25(22)31)12-8-11-28(2)3)18-14-20(34-5)26(36-7)21(15-18)35-6/h9-10,13-15,23,30H,8,11-12H2,1-7H3/t23-/m0/s1. The fourth-order valence-electron chi connectivity index (χ4n) is 4.45. The summed E-state index contributed by atoms with van der Waals surface area (Å²) in [6.45, 7) is 2.89. The molecule has 0 aromatic heterocycles. The maximum Gasteiger partial charge on any atom is 0.295 e. The number of hydrogen-bond donors (Lipinski definition) is 1. The molecule has 0 saturated carbocycles. The Hall–Kier alpha value is -3.72. The highest BCUT2D eigenvalue weighted by Gasteiger charge is 2.46. The predicted molar refractivity (Wildman–Crippen MR) is 136 cm³/mol. The van der Waals surface area contributed by atoms with E-state index in [1.54, 1.807) is 37.4 Å². The van der Waals surface area contributed by atoms with Crippen molar-refractivity contribution < 1.29 is 33.6 Å². The summed E-state index contributed by atoms with van der Waals surface area (Å²) in [6.07, 6.45) is 0.641. The van der Waals surface area contributed by atoms with E-state index in [1.165, 1.54) is 26.2 Å². The molecule has 1 saturated heterocycles. The average molecular weight is 499 g/mol. The minimum atomic E-state index is -0.844. The van der Waals surface area contributed by atoms with Gasteiger partial charge in [-0.2, -0.15) is 0 Å². The van der Waals surface area contributed by atoms with Crippen LogP contribution in [-0.2, 0) is 9.59 Å². The van der Waals surface area contributed by atoms with Crippen LogP contribution in [0.4, 0.5) is 0 Å². The fourth-order valence-corrected chi connectivity index (χ4v) is 4.45. The third-order valence-electron chi connectivity index (χ3n) is 6.22. The first-order valence-corrected chi connectivity index (χ1v) is 11.6. The van der Waals surface area contributed by atoms with Crippen molar-refractivity contribution in [3.63, 3.8) is 0 Å². The molecular weight excluding hydrogens is 464 g/mol. The smallest absolute Gasteiger partial charge is 0.295 e. The first-order valence-electron chi connectivity index (χ1n) is 11.6. The molecule has 1 N–H and O–H groups in total. The number of methoxy groups -OCH3 is 4. The lowest BCUT2D eigenvalue weighted by atomic mass is 9.94. The van der Waals surface area contributed by atoms with Gasteiger partial charge in [0, 0.05) is 12.1 Å². The zero-order valence-electron chi connectivity index (χ0n) is 21.9.